The molecular formula is C12H16ClF3N4O. The molecule has 0 radical (unpaired) electrons. The molecule has 0 fully saturated rings. The quantitative estimate of drug-likeness (QED) is 0.256. The number of guanidine groups is 1. The van der Waals surface area contributed by atoms with Crippen LogP contribution in [0, 0.1) is 0 Å². The summed E-state index contributed by atoms with van der Waals surface area (Å²) < 4.78 is 42.4. The van der Waals surface area contributed by atoms with Crippen molar-refractivity contribution in [3.8, 4) is 0 Å². The number of hydrogen-bond acceptors (Lipinski definition) is 3. The van der Waals surface area contributed by atoms with Crippen LogP contribution in [0.3, 0.4) is 0 Å². The molecule has 0 spiro atoms. The van der Waals surface area contributed by atoms with Gasteiger partial charge in [0.25, 0.3) is 0 Å². The number of methoxy groups -OCH3 is 1. The van der Waals surface area contributed by atoms with E-state index in [1.807, 2.05) is 0 Å². The Bertz CT molecular complexity index is 494. The monoisotopic (exact) mass is 324 g/mol. The maximum atomic E-state index is 12.5. The van der Waals surface area contributed by atoms with E-state index in [1.54, 1.807) is 7.11 Å². The first-order chi connectivity index (χ1) is 9.88. The Kier molecular flexibility index (Phi) is 6.73. The van der Waals surface area contributed by atoms with Crippen molar-refractivity contribution in [1.29, 1.82) is 0 Å². The van der Waals surface area contributed by atoms with E-state index < -0.39 is 11.7 Å². The second-order valence-electron chi connectivity index (χ2n) is 4.04. The second-order valence-corrected chi connectivity index (χ2v) is 4.45. The minimum atomic E-state index is -4.44. The summed E-state index contributed by atoms with van der Waals surface area (Å²) in [5.41, 5.74) is 1.77. The predicted octanol–water partition coefficient (Wildman–Crippen LogP) is 2.63. The summed E-state index contributed by atoms with van der Waals surface area (Å²) in [7, 11) is 1.58. The standard InChI is InChI=1S/C12H16ClF3N4O/c1-21-6-2-5-18-11(20-17)19-10-4-3-8(7-9(10)13)12(14,15)16/h3-4,7H,2,5-6,17H2,1H3,(H2,18,19,20). The molecule has 4 N–H and O–H groups in total. The largest absolute Gasteiger partial charge is 0.416 e. The van der Waals surface area contributed by atoms with E-state index >= 15 is 0 Å². The maximum Gasteiger partial charge on any atom is 0.416 e. The van der Waals surface area contributed by atoms with E-state index in [4.69, 9.17) is 22.2 Å². The fourth-order valence-electron chi connectivity index (χ4n) is 1.44. The van der Waals surface area contributed by atoms with E-state index in [-0.39, 0.29) is 16.7 Å². The van der Waals surface area contributed by atoms with Crippen LogP contribution < -0.4 is 16.6 Å². The molecule has 0 heterocycles. The zero-order valence-electron chi connectivity index (χ0n) is 11.3. The number of ether oxygens (including phenoxy) is 1. The van der Waals surface area contributed by atoms with Gasteiger partial charge in [0.1, 0.15) is 0 Å². The van der Waals surface area contributed by atoms with Gasteiger partial charge in [-0.1, -0.05) is 11.6 Å². The number of nitrogens with zero attached hydrogens (tertiary/aromatic N) is 1. The molecule has 0 aliphatic rings. The normalized spacial score (nSPS) is 12.4. The Balaban J connectivity index is 2.77. The van der Waals surface area contributed by atoms with Crippen LogP contribution in [-0.2, 0) is 10.9 Å². The molecule has 0 saturated carbocycles. The highest BCUT2D eigenvalue weighted by Crippen LogP contribution is 2.33. The van der Waals surface area contributed by atoms with Gasteiger partial charge >= 0.3 is 6.18 Å². The molecule has 0 amide bonds. The van der Waals surface area contributed by atoms with E-state index in [0.717, 1.165) is 12.1 Å². The van der Waals surface area contributed by atoms with Crippen molar-refractivity contribution in [3.05, 3.63) is 28.8 Å². The number of hydrazine groups is 1. The molecule has 0 saturated heterocycles. The topological polar surface area (TPSA) is 71.7 Å². The SMILES string of the molecule is COCCCN=C(NN)Nc1ccc(C(F)(F)F)cc1Cl. The summed E-state index contributed by atoms with van der Waals surface area (Å²) >= 11 is 5.81. The Labute approximate surface area is 125 Å². The molecule has 0 aliphatic carbocycles. The number of nitrogens with one attached hydrogen (secondary N) is 2. The van der Waals surface area contributed by atoms with Crippen molar-refractivity contribution in [1.82, 2.24) is 5.43 Å². The fourth-order valence-corrected chi connectivity index (χ4v) is 1.67. The van der Waals surface area contributed by atoms with Crippen LogP contribution in [0.2, 0.25) is 5.02 Å². The van der Waals surface area contributed by atoms with Gasteiger partial charge in [-0.05, 0) is 24.6 Å². The van der Waals surface area contributed by atoms with Gasteiger partial charge < -0.3 is 10.1 Å². The summed E-state index contributed by atoms with van der Waals surface area (Å²) in [6.07, 6.45) is -3.75. The Morgan fingerprint density at radius 3 is 2.67 bits per heavy atom. The van der Waals surface area contributed by atoms with Crippen LogP contribution in [0.25, 0.3) is 0 Å². The van der Waals surface area contributed by atoms with Gasteiger partial charge in [0.15, 0.2) is 0 Å². The van der Waals surface area contributed by atoms with Gasteiger partial charge in [-0.25, -0.2) is 5.84 Å². The highest BCUT2D eigenvalue weighted by molar-refractivity contribution is 6.33. The number of aliphatic imine (C=N–C) groups is 1. The lowest BCUT2D eigenvalue weighted by atomic mass is 10.2. The summed E-state index contributed by atoms with van der Waals surface area (Å²) in [5.74, 6) is 5.49. The average molecular weight is 325 g/mol. The number of alkyl halides is 3. The van der Waals surface area contributed by atoms with Crippen molar-refractivity contribution >= 4 is 23.2 Å². The number of hydrogen-bond donors (Lipinski definition) is 3. The molecule has 21 heavy (non-hydrogen) atoms. The van der Waals surface area contributed by atoms with Crippen molar-refractivity contribution < 1.29 is 17.9 Å². The molecule has 0 atom stereocenters. The third kappa shape index (κ3) is 5.78. The molecule has 1 aromatic rings. The average Bonchev–Trinajstić information content (AvgIpc) is 2.42. The van der Waals surface area contributed by atoms with Crippen molar-refractivity contribution in [3.63, 3.8) is 0 Å². The van der Waals surface area contributed by atoms with Gasteiger partial charge in [0, 0.05) is 20.3 Å². The molecule has 118 valence electrons. The summed E-state index contributed by atoms with van der Waals surface area (Å²) in [6, 6.07) is 2.98. The van der Waals surface area contributed by atoms with Crippen LogP contribution in [0.4, 0.5) is 18.9 Å². The zero-order valence-corrected chi connectivity index (χ0v) is 12.1. The van der Waals surface area contributed by atoms with Crippen LogP contribution in [0.5, 0.6) is 0 Å². The van der Waals surface area contributed by atoms with Crippen LogP contribution in [-0.4, -0.2) is 26.2 Å². The number of anilines is 1. The third-order valence-corrected chi connectivity index (χ3v) is 2.78. The molecule has 0 aliphatic heterocycles. The Morgan fingerprint density at radius 1 is 1.43 bits per heavy atom. The van der Waals surface area contributed by atoms with Gasteiger partial charge in [-0.2, -0.15) is 13.2 Å². The van der Waals surface area contributed by atoms with Gasteiger partial charge in [-0.3, -0.25) is 10.4 Å². The van der Waals surface area contributed by atoms with Crippen molar-refractivity contribution in [2.45, 2.75) is 12.6 Å². The smallest absolute Gasteiger partial charge is 0.385 e. The molecule has 1 rings (SSSR count). The van der Waals surface area contributed by atoms with E-state index in [1.165, 1.54) is 6.07 Å². The Hall–Kier alpha value is -1.51. The lowest BCUT2D eigenvalue weighted by molar-refractivity contribution is -0.137. The van der Waals surface area contributed by atoms with Gasteiger partial charge in [0.05, 0.1) is 16.3 Å². The van der Waals surface area contributed by atoms with Crippen LogP contribution in [0.15, 0.2) is 23.2 Å². The number of nitrogens with two attached hydrogens (primary N) is 1. The van der Waals surface area contributed by atoms with Crippen molar-refractivity contribution in [2.24, 2.45) is 10.8 Å². The molecule has 0 aromatic heterocycles. The van der Waals surface area contributed by atoms with Gasteiger partial charge in [0.2, 0.25) is 5.96 Å². The van der Waals surface area contributed by atoms with E-state index in [2.05, 4.69) is 15.7 Å². The lowest BCUT2D eigenvalue weighted by Crippen LogP contribution is -2.36. The number of halogens is 4. The van der Waals surface area contributed by atoms with Crippen molar-refractivity contribution in [2.75, 3.05) is 25.6 Å². The van der Waals surface area contributed by atoms with Gasteiger partial charge in [-0.15, -0.1) is 0 Å². The zero-order chi connectivity index (χ0) is 15.9. The molecule has 9 heteroatoms. The molecule has 5 nitrogen and oxygen atoms in total. The van der Waals surface area contributed by atoms with E-state index in [9.17, 15) is 13.2 Å². The third-order valence-electron chi connectivity index (χ3n) is 2.46. The lowest BCUT2D eigenvalue weighted by Gasteiger charge is -2.13. The summed E-state index contributed by atoms with van der Waals surface area (Å²) in [6.45, 7) is 0.987. The van der Waals surface area contributed by atoms with E-state index in [0.29, 0.717) is 19.6 Å². The minimum Gasteiger partial charge on any atom is -0.385 e. The Morgan fingerprint density at radius 2 is 2.14 bits per heavy atom. The molecule has 0 unspecified atom stereocenters. The highest BCUT2D eigenvalue weighted by atomic mass is 35.5. The maximum absolute atomic E-state index is 12.5. The highest BCUT2D eigenvalue weighted by Gasteiger charge is 2.30. The molecular weight excluding hydrogens is 309 g/mol. The predicted molar refractivity (Wildman–Crippen MR) is 76.2 cm³/mol. The molecule has 0 bridgehead atoms. The van der Waals surface area contributed by atoms with Crippen LogP contribution in [0.1, 0.15) is 12.0 Å². The minimum absolute atomic E-state index is 0.0790. The summed E-state index contributed by atoms with van der Waals surface area (Å²) in [5, 5.41) is 2.65. The van der Waals surface area contributed by atoms with Crippen LogP contribution >= 0.6 is 11.6 Å². The first kappa shape index (κ1) is 17.5. The first-order valence-corrected chi connectivity index (χ1v) is 6.40. The summed E-state index contributed by atoms with van der Waals surface area (Å²) in [4.78, 5) is 4.10. The first-order valence-electron chi connectivity index (χ1n) is 6.02. The fraction of sp³-hybridized carbons (Fsp3) is 0.417. The number of rotatable bonds is 5. The molecule has 1 aromatic carbocycles. The number of benzene rings is 1. The second kappa shape index (κ2) is 8.06.